The van der Waals surface area contributed by atoms with Crippen molar-refractivity contribution in [2.24, 2.45) is 5.92 Å². The summed E-state index contributed by atoms with van der Waals surface area (Å²) >= 11 is 0. The number of benzene rings is 2. The third kappa shape index (κ3) is 8.11. The molecule has 1 unspecified atom stereocenters. The fourth-order valence-corrected chi connectivity index (χ4v) is 4.93. The summed E-state index contributed by atoms with van der Waals surface area (Å²) in [4.78, 5) is 15.3. The molecule has 0 aliphatic heterocycles. The number of sulfonamides is 1. The van der Waals surface area contributed by atoms with Crippen molar-refractivity contribution in [3.8, 4) is 0 Å². The molecule has 0 saturated heterocycles. The molecule has 0 aliphatic carbocycles. The number of aliphatic carboxylic acids is 1. The number of unbranched alkanes of at least 4 members (excludes halogenated alkanes) is 1. The Morgan fingerprint density at radius 3 is 2.55 bits per heavy atom. The Balaban J connectivity index is 1.45. The van der Waals surface area contributed by atoms with Gasteiger partial charge in [-0.2, -0.15) is 0 Å². The summed E-state index contributed by atoms with van der Waals surface area (Å²) in [6.45, 7) is 0.347. The van der Waals surface area contributed by atoms with E-state index in [0.29, 0.717) is 13.0 Å². The summed E-state index contributed by atoms with van der Waals surface area (Å²) in [5.41, 5.74) is 1.17. The van der Waals surface area contributed by atoms with E-state index in [2.05, 4.69) is 9.71 Å². The molecular formula is C26H30N2O4S. The van der Waals surface area contributed by atoms with Crippen molar-refractivity contribution in [1.29, 1.82) is 0 Å². The van der Waals surface area contributed by atoms with E-state index in [1.54, 1.807) is 24.4 Å². The fourth-order valence-electron chi connectivity index (χ4n) is 3.83. The average molecular weight is 467 g/mol. The van der Waals surface area contributed by atoms with Gasteiger partial charge in [-0.15, -0.1) is 0 Å². The molecule has 3 aromatic rings. The van der Waals surface area contributed by atoms with Crippen LogP contribution < -0.4 is 4.72 Å². The van der Waals surface area contributed by atoms with Gasteiger partial charge in [-0.25, -0.2) is 17.9 Å². The van der Waals surface area contributed by atoms with Crippen LogP contribution in [0.15, 0.2) is 84.0 Å². The van der Waals surface area contributed by atoms with Gasteiger partial charge in [0.1, 0.15) is 0 Å². The number of carboxylic acids is 1. The second kappa shape index (κ2) is 12.3. The third-order valence-corrected chi connectivity index (χ3v) is 7.06. The van der Waals surface area contributed by atoms with Gasteiger partial charge in [0.2, 0.25) is 10.0 Å². The van der Waals surface area contributed by atoms with Crippen LogP contribution in [-0.4, -0.2) is 31.0 Å². The number of allylic oxidation sites excluding steroid dienone is 1. The van der Waals surface area contributed by atoms with Crippen LogP contribution in [0, 0.1) is 5.92 Å². The Labute approximate surface area is 195 Å². The van der Waals surface area contributed by atoms with Crippen LogP contribution in [0.5, 0.6) is 0 Å². The number of aromatic nitrogens is 1. The molecule has 0 amide bonds. The highest BCUT2D eigenvalue weighted by atomic mass is 32.2. The van der Waals surface area contributed by atoms with E-state index in [9.17, 15) is 13.2 Å². The van der Waals surface area contributed by atoms with Crippen LogP contribution in [0.4, 0.5) is 0 Å². The Morgan fingerprint density at radius 1 is 1.00 bits per heavy atom. The minimum absolute atomic E-state index is 0.148. The minimum Gasteiger partial charge on any atom is -0.478 e. The predicted molar refractivity (Wildman–Crippen MR) is 130 cm³/mol. The molecule has 3 rings (SSSR count). The van der Waals surface area contributed by atoms with E-state index in [4.69, 9.17) is 5.11 Å². The molecule has 6 nitrogen and oxygen atoms in total. The Hall–Kier alpha value is -3.03. The first-order valence-electron chi connectivity index (χ1n) is 11.2. The van der Waals surface area contributed by atoms with Crippen LogP contribution in [0.1, 0.15) is 37.7 Å². The standard InChI is InChI=1S/C26H30N2O4S/c29-26(30)16-13-21(8-5-9-22-10-6-17-27-20-22)7-3-4-18-28-33(31,32)25-15-14-23-11-1-2-12-24(23)19-25/h1-2,6,10-17,19-21,28H,3-5,7-9,18H2,(H,29,30)/b16-13+. The van der Waals surface area contributed by atoms with Gasteiger partial charge in [-0.1, -0.05) is 48.9 Å². The fraction of sp³-hybridized carbons (Fsp3) is 0.308. The van der Waals surface area contributed by atoms with Crippen molar-refractivity contribution >= 4 is 26.8 Å². The average Bonchev–Trinajstić information content (AvgIpc) is 2.82. The summed E-state index contributed by atoms with van der Waals surface area (Å²) in [6.07, 6.45) is 11.6. The predicted octanol–water partition coefficient (Wildman–Crippen LogP) is 4.96. The van der Waals surface area contributed by atoms with Crippen LogP contribution in [0.25, 0.3) is 10.8 Å². The Morgan fingerprint density at radius 2 is 1.79 bits per heavy atom. The SMILES string of the molecule is O=C(O)/C=C/C(CCCCNS(=O)(=O)c1ccc2ccccc2c1)CCCc1cccnc1. The van der Waals surface area contributed by atoms with Crippen LogP contribution in [-0.2, 0) is 21.2 Å². The highest BCUT2D eigenvalue weighted by molar-refractivity contribution is 7.89. The molecule has 33 heavy (non-hydrogen) atoms. The molecule has 0 aliphatic rings. The molecule has 1 atom stereocenters. The number of hydrogen-bond acceptors (Lipinski definition) is 4. The summed E-state index contributed by atoms with van der Waals surface area (Å²) in [7, 11) is -3.57. The number of nitrogens with zero attached hydrogens (tertiary/aromatic N) is 1. The van der Waals surface area contributed by atoms with Gasteiger partial charge < -0.3 is 5.11 Å². The smallest absolute Gasteiger partial charge is 0.327 e. The van der Waals surface area contributed by atoms with Crippen molar-refractivity contribution in [2.75, 3.05) is 6.54 Å². The van der Waals surface area contributed by atoms with Gasteiger partial charge in [0.05, 0.1) is 4.90 Å². The highest BCUT2D eigenvalue weighted by Gasteiger charge is 2.14. The van der Waals surface area contributed by atoms with Gasteiger partial charge in [0, 0.05) is 25.0 Å². The molecule has 1 aromatic heterocycles. The molecule has 0 saturated carbocycles. The third-order valence-electron chi connectivity index (χ3n) is 5.60. The maximum absolute atomic E-state index is 12.6. The second-order valence-corrected chi connectivity index (χ2v) is 9.88. The number of hydrogen-bond donors (Lipinski definition) is 2. The van der Waals surface area contributed by atoms with Gasteiger partial charge >= 0.3 is 5.97 Å². The number of carboxylic acid groups (broad SMARTS) is 1. The zero-order valence-electron chi connectivity index (χ0n) is 18.6. The first-order valence-corrected chi connectivity index (χ1v) is 12.7. The number of fused-ring (bicyclic) bond motifs is 1. The molecule has 7 heteroatoms. The summed E-state index contributed by atoms with van der Waals surface area (Å²) in [5, 5.41) is 10.9. The van der Waals surface area contributed by atoms with E-state index in [0.717, 1.165) is 42.9 Å². The molecule has 0 spiro atoms. The largest absolute Gasteiger partial charge is 0.478 e. The molecule has 1 heterocycles. The second-order valence-electron chi connectivity index (χ2n) is 8.11. The maximum Gasteiger partial charge on any atom is 0.327 e. The van der Waals surface area contributed by atoms with E-state index in [1.165, 1.54) is 11.6 Å². The molecule has 2 aromatic carbocycles. The quantitative estimate of drug-likeness (QED) is 0.274. The highest BCUT2D eigenvalue weighted by Crippen LogP contribution is 2.20. The van der Waals surface area contributed by atoms with Crippen molar-refractivity contribution < 1.29 is 18.3 Å². The van der Waals surface area contributed by atoms with Gasteiger partial charge in [-0.3, -0.25) is 4.98 Å². The van der Waals surface area contributed by atoms with Crippen molar-refractivity contribution in [3.63, 3.8) is 0 Å². The number of nitrogens with one attached hydrogen (secondary N) is 1. The van der Waals surface area contributed by atoms with Crippen molar-refractivity contribution in [3.05, 3.63) is 84.7 Å². The van der Waals surface area contributed by atoms with E-state index in [1.807, 2.05) is 48.7 Å². The van der Waals surface area contributed by atoms with Crippen LogP contribution in [0.3, 0.4) is 0 Å². The van der Waals surface area contributed by atoms with E-state index in [-0.39, 0.29) is 10.8 Å². The van der Waals surface area contributed by atoms with E-state index >= 15 is 0 Å². The molecular weight excluding hydrogens is 436 g/mol. The lowest BCUT2D eigenvalue weighted by Gasteiger charge is -2.13. The van der Waals surface area contributed by atoms with Gasteiger partial charge in [0.15, 0.2) is 0 Å². The first kappa shape index (κ1) is 24.6. The topological polar surface area (TPSA) is 96.4 Å². The summed E-state index contributed by atoms with van der Waals surface area (Å²) < 4.78 is 27.9. The molecule has 174 valence electrons. The lowest BCUT2D eigenvalue weighted by Crippen LogP contribution is -2.24. The molecule has 2 N–H and O–H groups in total. The van der Waals surface area contributed by atoms with Gasteiger partial charge in [-0.05, 0) is 72.6 Å². The minimum atomic E-state index is -3.57. The maximum atomic E-state index is 12.6. The molecule has 0 fully saturated rings. The lowest BCUT2D eigenvalue weighted by atomic mass is 9.94. The van der Waals surface area contributed by atoms with Crippen LogP contribution in [0.2, 0.25) is 0 Å². The Kier molecular flexibility index (Phi) is 9.15. The molecule has 0 radical (unpaired) electrons. The summed E-state index contributed by atoms with van der Waals surface area (Å²) in [5.74, 6) is -0.801. The number of aryl methyl sites for hydroxylation is 1. The summed E-state index contributed by atoms with van der Waals surface area (Å²) in [6, 6.07) is 16.7. The van der Waals surface area contributed by atoms with E-state index < -0.39 is 16.0 Å². The normalized spacial score (nSPS) is 12.8. The number of carbonyl (C=O) groups is 1. The lowest BCUT2D eigenvalue weighted by molar-refractivity contribution is -0.131. The molecule has 0 bridgehead atoms. The Bertz CT molecular complexity index is 1180. The van der Waals surface area contributed by atoms with Crippen LogP contribution >= 0.6 is 0 Å². The van der Waals surface area contributed by atoms with Gasteiger partial charge in [0.25, 0.3) is 0 Å². The number of pyridine rings is 1. The van der Waals surface area contributed by atoms with Crippen molar-refractivity contribution in [2.45, 2.75) is 43.4 Å². The zero-order valence-corrected chi connectivity index (χ0v) is 19.4. The number of rotatable bonds is 13. The zero-order chi connectivity index (χ0) is 23.5. The first-order chi connectivity index (χ1) is 15.9. The monoisotopic (exact) mass is 466 g/mol. The van der Waals surface area contributed by atoms with Crippen molar-refractivity contribution in [1.82, 2.24) is 9.71 Å².